The van der Waals surface area contributed by atoms with E-state index in [-0.39, 0.29) is 5.41 Å². The highest BCUT2D eigenvalue weighted by Gasteiger charge is 2.12. The first kappa shape index (κ1) is 11.3. The molecule has 0 N–H and O–H groups in total. The molecule has 0 aromatic heterocycles. The average Bonchev–Trinajstić information content (AvgIpc) is 2.02. The molecule has 0 saturated heterocycles. The van der Waals surface area contributed by atoms with Crippen LogP contribution in [-0.2, 0) is 5.41 Å². The predicted octanol–water partition coefficient (Wildman–Crippen LogP) is 3.35. The standard InChI is InChI=1S/C12H20OSi/c1-12(2,3)10-6-8-11(9-7-10)13-14(4)5/h6-9,14H,1-5H3. The molecule has 0 aliphatic carbocycles. The van der Waals surface area contributed by atoms with Gasteiger partial charge in [0, 0.05) is 0 Å². The lowest BCUT2D eigenvalue weighted by Crippen LogP contribution is -2.13. The average molecular weight is 208 g/mol. The summed E-state index contributed by atoms with van der Waals surface area (Å²) < 4.78 is 5.72. The number of hydrogen-bond acceptors (Lipinski definition) is 1. The summed E-state index contributed by atoms with van der Waals surface area (Å²) in [6.45, 7) is 11.0. The highest BCUT2D eigenvalue weighted by Crippen LogP contribution is 2.24. The Hall–Kier alpha value is -0.763. The fourth-order valence-corrected chi connectivity index (χ4v) is 2.01. The van der Waals surface area contributed by atoms with Crippen LogP contribution in [0.3, 0.4) is 0 Å². The van der Waals surface area contributed by atoms with E-state index in [4.69, 9.17) is 4.43 Å². The largest absolute Gasteiger partial charge is 0.547 e. The molecule has 0 aliphatic rings. The smallest absolute Gasteiger partial charge is 0.229 e. The molecule has 78 valence electrons. The van der Waals surface area contributed by atoms with Crippen molar-refractivity contribution in [1.82, 2.24) is 0 Å². The van der Waals surface area contributed by atoms with Gasteiger partial charge >= 0.3 is 0 Å². The third-order valence-electron chi connectivity index (χ3n) is 2.09. The van der Waals surface area contributed by atoms with Gasteiger partial charge in [-0.05, 0) is 36.2 Å². The first-order chi connectivity index (χ1) is 6.39. The normalized spacial score (nSPS) is 11.9. The zero-order chi connectivity index (χ0) is 10.8. The Labute approximate surface area is 88.8 Å². The lowest BCUT2D eigenvalue weighted by atomic mass is 9.87. The molecule has 0 bridgehead atoms. The van der Waals surface area contributed by atoms with Gasteiger partial charge in [-0.15, -0.1) is 0 Å². The zero-order valence-electron chi connectivity index (χ0n) is 9.79. The monoisotopic (exact) mass is 208 g/mol. The van der Waals surface area contributed by atoms with Gasteiger partial charge in [-0.25, -0.2) is 0 Å². The first-order valence-electron chi connectivity index (χ1n) is 5.17. The SMILES string of the molecule is C[SiH](C)Oc1ccc(C(C)(C)C)cc1. The van der Waals surface area contributed by atoms with Gasteiger partial charge < -0.3 is 4.43 Å². The second-order valence-corrected chi connectivity index (χ2v) is 7.27. The van der Waals surface area contributed by atoms with E-state index in [9.17, 15) is 0 Å². The van der Waals surface area contributed by atoms with Crippen LogP contribution in [0.15, 0.2) is 24.3 Å². The van der Waals surface area contributed by atoms with E-state index in [2.05, 4.69) is 58.1 Å². The Morgan fingerprint density at radius 2 is 1.50 bits per heavy atom. The van der Waals surface area contributed by atoms with Crippen molar-refractivity contribution in [2.75, 3.05) is 0 Å². The maximum Gasteiger partial charge on any atom is 0.229 e. The third kappa shape index (κ3) is 3.18. The number of benzene rings is 1. The summed E-state index contributed by atoms with van der Waals surface area (Å²) in [7, 11) is -0.955. The summed E-state index contributed by atoms with van der Waals surface area (Å²) in [6.07, 6.45) is 0. The molecule has 0 atom stereocenters. The van der Waals surface area contributed by atoms with E-state index >= 15 is 0 Å². The molecule has 0 aliphatic heterocycles. The second kappa shape index (κ2) is 4.18. The van der Waals surface area contributed by atoms with Crippen LogP contribution in [0.1, 0.15) is 26.3 Å². The lowest BCUT2D eigenvalue weighted by Gasteiger charge is -2.19. The summed E-state index contributed by atoms with van der Waals surface area (Å²) in [5.74, 6) is 1.01. The Balaban J connectivity index is 2.79. The lowest BCUT2D eigenvalue weighted by molar-refractivity contribution is 0.570. The third-order valence-corrected chi connectivity index (χ3v) is 2.84. The Bertz CT molecular complexity index is 282. The van der Waals surface area contributed by atoms with Crippen LogP contribution < -0.4 is 4.43 Å². The van der Waals surface area contributed by atoms with Gasteiger partial charge in [0.1, 0.15) is 5.75 Å². The van der Waals surface area contributed by atoms with Gasteiger partial charge in [0.15, 0.2) is 0 Å². The summed E-state index contributed by atoms with van der Waals surface area (Å²) >= 11 is 0. The zero-order valence-corrected chi connectivity index (χ0v) is 10.9. The van der Waals surface area contributed by atoms with E-state index in [1.54, 1.807) is 0 Å². The summed E-state index contributed by atoms with van der Waals surface area (Å²) in [6, 6.07) is 8.47. The van der Waals surface area contributed by atoms with Crippen molar-refractivity contribution in [3.8, 4) is 5.75 Å². The van der Waals surface area contributed by atoms with Gasteiger partial charge in [-0.3, -0.25) is 0 Å². The Morgan fingerprint density at radius 3 is 1.86 bits per heavy atom. The maximum atomic E-state index is 5.72. The van der Waals surface area contributed by atoms with E-state index in [0.29, 0.717) is 0 Å². The van der Waals surface area contributed by atoms with Gasteiger partial charge in [-0.1, -0.05) is 32.9 Å². The highest BCUT2D eigenvalue weighted by molar-refractivity contribution is 6.49. The molecule has 0 fully saturated rings. The van der Waals surface area contributed by atoms with Crippen LogP contribution >= 0.6 is 0 Å². The van der Waals surface area contributed by atoms with Crippen molar-refractivity contribution in [2.24, 2.45) is 0 Å². The van der Waals surface area contributed by atoms with Crippen LogP contribution in [0.2, 0.25) is 13.1 Å². The predicted molar refractivity (Wildman–Crippen MR) is 64.6 cm³/mol. The molecule has 1 aromatic rings. The Morgan fingerprint density at radius 1 is 1.00 bits per heavy atom. The second-order valence-electron chi connectivity index (χ2n) is 4.94. The summed E-state index contributed by atoms with van der Waals surface area (Å²) in [4.78, 5) is 0. The fraction of sp³-hybridized carbons (Fsp3) is 0.500. The van der Waals surface area contributed by atoms with Crippen molar-refractivity contribution >= 4 is 9.04 Å². The topological polar surface area (TPSA) is 9.23 Å². The minimum Gasteiger partial charge on any atom is -0.547 e. The maximum absolute atomic E-state index is 5.72. The quantitative estimate of drug-likeness (QED) is 0.677. The molecular formula is C12H20OSi. The van der Waals surface area contributed by atoms with Gasteiger partial charge in [-0.2, -0.15) is 0 Å². The van der Waals surface area contributed by atoms with Crippen LogP contribution in [0, 0.1) is 0 Å². The van der Waals surface area contributed by atoms with Gasteiger partial charge in [0.05, 0.1) is 0 Å². The van der Waals surface area contributed by atoms with Crippen molar-refractivity contribution < 1.29 is 4.43 Å². The van der Waals surface area contributed by atoms with Crippen LogP contribution in [0.5, 0.6) is 5.75 Å². The highest BCUT2D eigenvalue weighted by atomic mass is 28.3. The van der Waals surface area contributed by atoms with E-state index in [0.717, 1.165) is 5.75 Å². The van der Waals surface area contributed by atoms with Crippen LogP contribution in [0.4, 0.5) is 0 Å². The molecule has 14 heavy (non-hydrogen) atoms. The van der Waals surface area contributed by atoms with Crippen molar-refractivity contribution in [2.45, 2.75) is 39.3 Å². The number of hydrogen-bond donors (Lipinski definition) is 0. The summed E-state index contributed by atoms with van der Waals surface area (Å²) in [5, 5.41) is 0. The van der Waals surface area contributed by atoms with Crippen LogP contribution in [0.25, 0.3) is 0 Å². The molecule has 0 spiro atoms. The van der Waals surface area contributed by atoms with Gasteiger partial charge in [0.2, 0.25) is 9.04 Å². The van der Waals surface area contributed by atoms with E-state index in [1.807, 2.05) is 0 Å². The van der Waals surface area contributed by atoms with E-state index < -0.39 is 9.04 Å². The van der Waals surface area contributed by atoms with Crippen molar-refractivity contribution in [1.29, 1.82) is 0 Å². The summed E-state index contributed by atoms with van der Waals surface area (Å²) in [5.41, 5.74) is 1.59. The minimum atomic E-state index is -0.955. The Kier molecular flexibility index (Phi) is 3.37. The molecule has 0 saturated carbocycles. The van der Waals surface area contributed by atoms with Crippen molar-refractivity contribution in [3.63, 3.8) is 0 Å². The molecule has 2 heteroatoms. The molecule has 0 radical (unpaired) electrons. The molecule has 1 nitrogen and oxygen atoms in total. The molecule has 0 heterocycles. The fourth-order valence-electron chi connectivity index (χ4n) is 1.31. The minimum absolute atomic E-state index is 0.230. The van der Waals surface area contributed by atoms with Gasteiger partial charge in [0.25, 0.3) is 0 Å². The molecule has 1 aromatic carbocycles. The van der Waals surface area contributed by atoms with Crippen molar-refractivity contribution in [3.05, 3.63) is 29.8 Å². The van der Waals surface area contributed by atoms with E-state index in [1.165, 1.54) is 5.56 Å². The molecule has 1 rings (SSSR count). The molecule has 0 unspecified atom stereocenters. The molecular weight excluding hydrogens is 188 g/mol. The first-order valence-corrected chi connectivity index (χ1v) is 7.95. The number of rotatable bonds is 2. The molecule has 0 amide bonds. The van der Waals surface area contributed by atoms with Crippen LogP contribution in [-0.4, -0.2) is 9.04 Å².